The lowest BCUT2D eigenvalue weighted by Crippen LogP contribution is -2.05. The number of hydrogen-bond donors (Lipinski definition) is 2. The molecule has 2 aromatic carbocycles. The molecular formula is C20H24O2. The van der Waals surface area contributed by atoms with Crippen molar-refractivity contribution >= 4 is 0 Å². The highest BCUT2D eigenvalue weighted by atomic mass is 16.3. The van der Waals surface area contributed by atoms with Crippen LogP contribution in [-0.4, -0.2) is 10.2 Å². The second kappa shape index (κ2) is 6.43. The van der Waals surface area contributed by atoms with E-state index >= 15 is 0 Å². The van der Waals surface area contributed by atoms with Gasteiger partial charge in [0.05, 0.1) is 0 Å². The first kappa shape index (κ1) is 15.0. The molecule has 2 heteroatoms. The average molecular weight is 296 g/mol. The van der Waals surface area contributed by atoms with Gasteiger partial charge >= 0.3 is 0 Å². The molecule has 0 aromatic heterocycles. The quantitative estimate of drug-likeness (QED) is 0.832. The van der Waals surface area contributed by atoms with Gasteiger partial charge in [0.1, 0.15) is 11.5 Å². The molecule has 0 heterocycles. The van der Waals surface area contributed by atoms with Gasteiger partial charge in [0.15, 0.2) is 0 Å². The van der Waals surface area contributed by atoms with E-state index in [-0.39, 0.29) is 0 Å². The van der Waals surface area contributed by atoms with Crippen molar-refractivity contribution in [1.29, 1.82) is 0 Å². The summed E-state index contributed by atoms with van der Waals surface area (Å²) in [5.74, 6) is 1.21. The molecule has 0 atom stereocenters. The molecule has 0 aliphatic heterocycles. The molecule has 2 aromatic rings. The Morgan fingerprint density at radius 1 is 0.955 bits per heavy atom. The third kappa shape index (κ3) is 3.11. The lowest BCUT2D eigenvalue weighted by Gasteiger charge is -2.23. The molecule has 0 bridgehead atoms. The Morgan fingerprint density at radius 3 is 2.50 bits per heavy atom. The fraction of sp³-hybridized carbons (Fsp3) is 0.400. The summed E-state index contributed by atoms with van der Waals surface area (Å²) in [5.41, 5.74) is 3.99. The monoisotopic (exact) mass is 296 g/mol. The Bertz CT molecular complexity index is 655. The standard InChI is InChI=1S/C20H24O2/c1-14-10-11-19(21)17(12-14)13-16-8-5-9-18(20(16)22)15-6-3-2-4-7-15/h5,8-12,15,21-22H,2-4,6-7,13H2,1H3. The van der Waals surface area contributed by atoms with Crippen molar-refractivity contribution in [2.45, 2.75) is 51.4 Å². The van der Waals surface area contributed by atoms with Crippen LogP contribution in [0.5, 0.6) is 11.5 Å². The maximum atomic E-state index is 10.7. The zero-order valence-electron chi connectivity index (χ0n) is 13.2. The molecule has 2 N–H and O–H groups in total. The molecule has 22 heavy (non-hydrogen) atoms. The lowest BCUT2D eigenvalue weighted by molar-refractivity contribution is 0.411. The Morgan fingerprint density at radius 2 is 1.73 bits per heavy atom. The summed E-state index contributed by atoms with van der Waals surface area (Å²) in [7, 11) is 0. The molecule has 1 fully saturated rings. The van der Waals surface area contributed by atoms with E-state index in [1.165, 1.54) is 32.1 Å². The summed E-state index contributed by atoms with van der Waals surface area (Å²) in [5, 5.41) is 20.7. The van der Waals surface area contributed by atoms with Gasteiger partial charge in [0, 0.05) is 6.42 Å². The van der Waals surface area contributed by atoms with Gasteiger partial charge in [0.25, 0.3) is 0 Å². The van der Waals surface area contributed by atoms with E-state index in [9.17, 15) is 10.2 Å². The molecule has 0 spiro atoms. The topological polar surface area (TPSA) is 40.5 Å². The molecule has 1 aliphatic rings. The van der Waals surface area contributed by atoms with E-state index < -0.39 is 0 Å². The molecule has 2 nitrogen and oxygen atoms in total. The lowest BCUT2D eigenvalue weighted by atomic mass is 9.82. The Labute approximate surface area is 132 Å². The summed E-state index contributed by atoms with van der Waals surface area (Å²) in [6, 6.07) is 11.7. The minimum atomic E-state index is 0.299. The smallest absolute Gasteiger partial charge is 0.122 e. The summed E-state index contributed by atoms with van der Waals surface area (Å²) in [6.45, 7) is 2.02. The van der Waals surface area contributed by atoms with Gasteiger partial charge in [-0.1, -0.05) is 55.2 Å². The zero-order valence-corrected chi connectivity index (χ0v) is 13.2. The van der Waals surface area contributed by atoms with Gasteiger partial charge in [-0.25, -0.2) is 0 Å². The second-order valence-electron chi connectivity index (χ2n) is 6.50. The normalized spacial score (nSPS) is 15.9. The van der Waals surface area contributed by atoms with Crippen LogP contribution in [0.15, 0.2) is 36.4 Å². The molecule has 0 unspecified atom stereocenters. The van der Waals surface area contributed by atoms with Gasteiger partial charge < -0.3 is 10.2 Å². The molecule has 0 amide bonds. The summed E-state index contributed by atoms with van der Waals surface area (Å²) in [4.78, 5) is 0. The Balaban J connectivity index is 1.89. The maximum Gasteiger partial charge on any atom is 0.122 e. The number of rotatable bonds is 3. The van der Waals surface area contributed by atoms with Crippen molar-refractivity contribution in [2.24, 2.45) is 0 Å². The Kier molecular flexibility index (Phi) is 4.37. The Hall–Kier alpha value is -1.96. The third-order valence-corrected chi connectivity index (χ3v) is 4.81. The van der Waals surface area contributed by atoms with Crippen LogP contribution in [0, 0.1) is 6.92 Å². The number of phenols is 2. The summed E-state index contributed by atoms with van der Waals surface area (Å²) < 4.78 is 0. The average Bonchev–Trinajstić information content (AvgIpc) is 2.54. The van der Waals surface area contributed by atoms with Crippen LogP contribution in [0.1, 0.15) is 60.3 Å². The van der Waals surface area contributed by atoms with E-state index in [0.717, 1.165) is 22.3 Å². The SMILES string of the molecule is Cc1ccc(O)c(Cc2cccc(C3CCCCC3)c2O)c1. The number of hydrogen-bond acceptors (Lipinski definition) is 2. The minimum Gasteiger partial charge on any atom is -0.508 e. The second-order valence-corrected chi connectivity index (χ2v) is 6.50. The van der Waals surface area contributed by atoms with E-state index in [2.05, 4.69) is 6.07 Å². The predicted octanol–water partition coefficient (Wildman–Crippen LogP) is 5.04. The van der Waals surface area contributed by atoms with Crippen LogP contribution >= 0.6 is 0 Å². The van der Waals surface area contributed by atoms with Crippen LogP contribution in [0.25, 0.3) is 0 Å². The van der Waals surface area contributed by atoms with Crippen molar-refractivity contribution in [3.8, 4) is 11.5 Å². The molecule has 1 saturated carbocycles. The molecule has 0 radical (unpaired) electrons. The first-order valence-electron chi connectivity index (χ1n) is 8.24. The van der Waals surface area contributed by atoms with E-state index in [1.54, 1.807) is 6.07 Å². The van der Waals surface area contributed by atoms with E-state index in [0.29, 0.717) is 23.8 Å². The number of benzene rings is 2. The van der Waals surface area contributed by atoms with Crippen molar-refractivity contribution in [3.63, 3.8) is 0 Å². The maximum absolute atomic E-state index is 10.7. The summed E-state index contributed by atoms with van der Waals surface area (Å²) in [6.07, 6.45) is 6.74. The molecule has 3 rings (SSSR count). The van der Waals surface area contributed by atoms with E-state index in [4.69, 9.17) is 0 Å². The van der Waals surface area contributed by atoms with Crippen LogP contribution in [0.3, 0.4) is 0 Å². The van der Waals surface area contributed by atoms with Gasteiger partial charge in [-0.3, -0.25) is 0 Å². The fourth-order valence-electron chi connectivity index (χ4n) is 3.56. The fourth-order valence-corrected chi connectivity index (χ4v) is 3.56. The largest absolute Gasteiger partial charge is 0.508 e. The highest BCUT2D eigenvalue weighted by Crippen LogP contribution is 2.39. The number of aromatic hydroxyl groups is 2. The first-order valence-corrected chi connectivity index (χ1v) is 8.24. The molecular weight excluding hydrogens is 272 g/mol. The van der Waals surface area contributed by atoms with Crippen LogP contribution in [0.4, 0.5) is 0 Å². The molecule has 0 saturated heterocycles. The highest BCUT2D eigenvalue weighted by Gasteiger charge is 2.20. The van der Waals surface area contributed by atoms with Crippen molar-refractivity contribution in [3.05, 3.63) is 58.7 Å². The van der Waals surface area contributed by atoms with Gasteiger partial charge in [0.2, 0.25) is 0 Å². The van der Waals surface area contributed by atoms with Crippen LogP contribution in [0.2, 0.25) is 0 Å². The van der Waals surface area contributed by atoms with Crippen molar-refractivity contribution in [2.75, 3.05) is 0 Å². The number of aryl methyl sites for hydroxylation is 1. The molecule has 1 aliphatic carbocycles. The van der Waals surface area contributed by atoms with Gasteiger partial charge in [-0.05, 0) is 48.4 Å². The third-order valence-electron chi connectivity index (χ3n) is 4.81. The molecule has 116 valence electrons. The van der Waals surface area contributed by atoms with Gasteiger partial charge in [-0.15, -0.1) is 0 Å². The predicted molar refractivity (Wildman–Crippen MR) is 89.6 cm³/mol. The highest BCUT2D eigenvalue weighted by molar-refractivity contribution is 5.47. The number of para-hydroxylation sites is 1. The van der Waals surface area contributed by atoms with Crippen LogP contribution < -0.4 is 0 Å². The minimum absolute atomic E-state index is 0.299. The zero-order chi connectivity index (χ0) is 15.5. The summed E-state index contributed by atoms with van der Waals surface area (Å²) >= 11 is 0. The van der Waals surface area contributed by atoms with Crippen LogP contribution in [-0.2, 0) is 6.42 Å². The van der Waals surface area contributed by atoms with Gasteiger partial charge in [-0.2, -0.15) is 0 Å². The van der Waals surface area contributed by atoms with E-state index in [1.807, 2.05) is 31.2 Å². The first-order chi connectivity index (χ1) is 10.6. The number of phenolic OH excluding ortho intramolecular Hbond substituents is 2. The van der Waals surface area contributed by atoms with Crippen molar-refractivity contribution in [1.82, 2.24) is 0 Å². The van der Waals surface area contributed by atoms with Crippen molar-refractivity contribution < 1.29 is 10.2 Å².